The van der Waals surface area contributed by atoms with E-state index in [4.69, 9.17) is 4.98 Å². The summed E-state index contributed by atoms with van der Waals surface area (Å²) in [5.74, 6) is 0.950. The van der Waals surface area contributed by atoms with Crippen molar-refractivity contribution >= 4 is 28.9 Å². The molecule has 0 aliphatic carbocycles. The number of anilines is 2. The van der Waals surface area contributed by atoms with Crippen molar-refractivity contribution < 1.29 is 0 Å². The van der Waals surface area contributed by atoms with Gasteiger partial charge in [0.25, 0.3) is 0 Å². The summed E-state index contributed by atoms with van der Waals surface area (Å²) >= 11 is 1.74. The molecule has 0 saturated carbocycles. The fraction of sp³-hybridized carbons (Fsp3) is 0.143. The number of benzene rings is 2. The van der Waals surface area contributed by atoms with Crippen molar-refractivity contribution in [3.8, 4) is 11.3 Å². The van der Waals surface area contributed by atoms with E-state index in [-0.39, 0.29) is 0 Å². The SMILES string of the molecule is CSc1ccc(-c2nc3cnccn3c2Nc2ccc(C)cc2C)cc1. The Morgan fingerprint density at radius 3 is 2.58 bits per heavy atom. The molecule has 0 aliphatic rings. The summed E-state index contributed by atoms with van der Waals surface area (Å²) in [7, 11) is 0. The molecule has 2 aromatic carbocycles. The van der Waals surface area contributed by atoms with E-state index in [0.717, 1.165) is 28.4 Å². The average molecular weight is 360 g/mol. The molecule has 0 saturated heterocycles. The Bertz CT molecular complexity index is 1070. The zero-order chi connectivity index (χ0) is 18.1. The molecule has 4 nitrogen and oxygen atoms in total. The molecule has 2 aromatic heterocycles. The molecule has 1 N–H and O–H groups in total. The number of thioether (sulfide) groups is 1. The topological polar surface area (TPSA) is 42.2 Å². The lowest BCUT2D eigenvalue weighted by Gasteiger charge is -2.12. The maximum Gasteiger partial charge on any atom is 0.157 e. The Morgan fingerprint density at radius 2 is 1.85 bits per heavy atom. The van der Waals surface area contributed by atoms with Gasteiger partial charge in [-0.25, -0.2) is 4.98 Å². The molecule has 0 radical (unpaired) electrons. The summed E-state index contributed by atoms with van der Waals surface area (Å²) in [4.78, 5) is 10.3. The van der Waals surface area contributed by atoms with Crippen molar-refractivity contribution in [2.45, 2.75) is 18.7 Å². The van der Waals surface area contributed by atoms with Gasteiger partial charge < -0.3 is 5.32 Å². The van der Waals surface area contributed by atoms with Gasteiger partial charge in [-0.3, -0.25) is 9.38 Å². The highest BCUT2D eigenvalue weighted by Crippen LogP contribution is 2.32. The quantitative estimate of drug-likeness (QED) is 0.489. The largest absolute Gasteiger partial charge is 0.339 e. The van der Waals surface area contributed by atoms with Crippen molar-refractivity contribution in [2.75, 3.05) is 11.6 Å². The van der Waals surface area contributed by atoms with Crippen molar-refractivity contribution in [1.29, 1.82) is 0 Å². The molecule has 0 fully saturated rings. The molecule has 0 amide bonds. The molecule has 4 aromatic rings. The summed E-state index contributed by atoms with van der Waals surface area (Å²) < 4.78 is 2.05. The molecule has 26 heavy (non-hydrogen) atoms. The summed E-state index contributed by atoms with van der Waals surface area (Å²) in [6.45, 7) is 4.22. The molecular weight excluding hydrogens is 340 g/mol. The van der Waals surface area contributed by atoms with Gasteiger partial charge in [-0.2, -0.15) is 0 Å². The smallest absolute Gasteiger partial charge is 0.157 e. The molecule has 5 heteroatoms. The molecular formula is C21H20N4S. The first kappa shape index (κ1) is 16.7. The number of rotatable bonds is 4. The van der Waals surface area contributed by atoms with E-state index in [9.17, 15) is 0 Å². The number of hydrogen-bond acceptors (Lipinski definition) is 4. The van der Waals surface area contributed by atoms with Gasteiger partial charge in [0.15, 0.2) is 5.65 Å². The van der Waals surface area contributed by atoms with Crippen molar-refractivity contribution in [3.63, 3.8) is 0 Å². The number of aromatic nitrogens is 3. The zero-order valence-corrected chi connectivity index (χ0v) is 15.8. The second-order valence-corrected chi connectivity index (χ2v) is 7.17. The van der Waals surface area contributed by atoms with E-state index < -0.39 is 0 Å². The highest BCUT2D eigenvalue weighted by Gasteiger charge is 2.15. The minimum Gasteiger partial charge on any atom is -0.339 e. The number of imidazole rings is 1. The third-order valence-electron chi connectivity index (χ3n) is 4.43. The first-order chi connectivity index (χ1) is 12.7. The Balaban J connectivity index is 1.85. The van der Waals surface area contributed by atoms with Gasteiger partial charge in [0.05, 0.1) is 6.20 Å². The number of hydrogen-bond donors (Lipinski definition) is 1. The highest BCUT2D eigenvalue weighted by molar-refractivity contribution is 7.98. The lowest BCUT2D eigenvalue weighted by atomic mass is 10.1. The van der Waals surface area contributed by atoms with Crippen LogP contribution in [0.25, 0.3) is 16.9 Å². The van der Waals surface area contributed by atoms with Gasteiger partial charge >= 0.3 is 0 Å². The number of fused-ring (bicyclic) bond motifs is 1. The second-order valence-electron chi connectivity index (χ2n) is 6.29. The van der Waals surface area contributed by atoms with Crippen LogP contribution in [0, 0.1) is 13.8 Å². The third kappa shape index (κ3) is 3.06. The second kappa shape index (κ2) is 6.84. The van der Waals surface area contributed by atoms with Crippen molar-refractivity contribution in [1.82, 2.24) is 14.4 Å². The summed E-state index contributed by atoms with van der Waals surface area (Å²) in [5.41, 5.74) is 6.37. The lowest BCUT2D eigenvalue weighted by molar-refractivity contribution is 1.13. The van der Waals surface area contributed by atoms with Crippen LogP contribution in [-0.2, 0) is 0 Å². The van der Waals surface area contributed by atoms with E-state index in [1.54, 1.807) is 24.2 Å². The number of aryl methyl sites for hydroxylation is 2. The van der Waals surface area contributed by atoms with Crippen molar-refractivity contribution in [2.24, 2.45) is 0 Å². The van der Waals surface area contributed by atoms with Crippen LogP contribution in [-0.4, -0.2) is 20.6 Å². The van der Waals surface area contributed by atoms with E-state index in [1.807, 2.05) is 10.6 Å². The molecule has 2 heterocycles. The van der Waals surface area contributed by atoms with E-state index in [1.165, 1.54) is 16.0 Å². The minimum absolute atomic E-state index is 0.823. The van der Waals surface area contributed by atoms with Gasteiger partial charge in [0, 0.05) is 28.5 Å². The standard InChI is InChI=1S/C21H20N4S/c1-14-4-9-18(15(2)12-14)23-21-20(16-5-7-17(26-3)8-6-16)24-19-13-22-10-11-25(19)21/h4-13,23H,1-3H3. The van der Waals surface area contributed by atoms with Crippen LogP contribution >= 0.6 is 11.8 Å². The summed E-state index contributed by atoms with van der Waals surface area (Å²) in [6, 6.07) is 14.9. The predicted octanol–water partition coefficient (Wildman–Crippen LogP) is 5.48. The van der Waals surface area contributed by atoms with Crippen LogP contribution in [0.5, 0.6) is 0 Å². The van der Waals surface area contributed by atoms with Crippen LogP contribution in [0.4, 0.5) is 11.5 Å². The Kier molecular flexibility index (Phi) is 4.39. The summed E-state index contributed by atoms with van der Waals surface area (Å²) in [6.07, 6.45) is 7.59. The van der Waals surface area contributed by atoms with Crippen LogP contribution in [0.3, 0.4) is 0 Å². The molecule has 4 rings (SSSR count). The van der Waals surface area contributed by atoms with Crippen LogP contribution in [0.15, 0.2) is 66.0 Å². The van der Waals surface area contributed by atoms with Gasteiger partial charge in [-0.05, 0) is 43.9 Å². The van der Waals surface area contributed by atoms with Gasteiger partial charge in [-0.1, -0.05) is 29.8 Å². The van der Waals surface area contributed by atoms with E-state index in [0.29, 0.717) is 0 Å². The molecule has 0 aliphatic heterocycles. The predicted molar refractivity (Wildman–Crippen MR) is 109 cm³/mol. The summed E-state index contributed by atoms with van der Waals surface area (Å²) in [5, 5.41) is 3.59. The monoisotopic (exact) mass is 360 g/mol. The zero-order valence-electron chi connectivity index (χ0n) is 15.0. The first-order valence-electron chi connectivity index (χ1n) is 8.46. The molecule has 0 spiro atoms. The van der Waals surface area contributed by atoms with E-state index >= 15 is 0 Å². The fourth-order valence-corrected chi connectivity index (χ4v) is 3.47. The van der Waals surface area contributed by atoms with Gasteiger partial charge in [-0.15, -0.1) is 11.8 Å². The lowest BCUT2D eigenvalue weighted by Crippen LogP contribution is -1.99. The van der Waals surface area contributed by atoms with Crippen molar-refractivity contribution in [3.05, 3.63) is 72.2 Å². The molecule has 0 atom stereocenters. The van der Waals surface area contributed by atoms with Crippen LogP contribution < -0.4 is 5.32 Å². The molecule has 0 bridgehead atoms. The fourth-order valence-electron chi connectivity index (χ4n) is 3.06. The third-order valence-corrected chi connectivity index (χ3v) is 5.17. The molecule has 130 valence electrons. The maximum absolute atomic E-state index is 4.81. The maximum atomic E-state index is 4.81. The number of nitrogens with zero attached hydrogens (tertiary/aromatic N) is 3. The Hall–Kier alpha value is -2.79. The highest BCUT2D eigenvalue weighted by atomic mass is 32.2. The van der Waals surface area contributed by atoms with Crippen LogP contribution in [0.1, 0.15) is 11.1 Å². The minimum atomic E-state index is 0.823. The average Bonchev–Trinajstić information content (AvgIpc) is 3.02. The van der Waals surface area contributed by atoms with E-state index in [2.05, 4.69) is 72.9 Å². The molecule has 0 unspecified atom stereocenters. The first-order valence-corrected chi connectivity index (χ1v) is 9.69. The number of nitrogens with one attached hydrogen (secondary N) is 1. The van der Waals surface area contributed by atoms with Gasteiger partial charge in [0.2, 0.25) is 0 Å². The Morgan fingerprint density at radius 1 is 1.04 bits per heavy atom. The normalized spacial score (nSPS) is 11.0. The van der Waals surface area contributed by atoms with Gasteiger partial charge in [0.1, 0.15) is 11.5 Å². The Labute approximate surface area is 157 Å². The van der Waals surface area contributed by atoms with Crippen LogP contribution in [0.2, 0.25) is 0 Å².